The Morgan fingerprint density at radius 1 is 1.21 bits per heavy atom. The average Bonchev–Trinajstić information content (AvgIpc) is 3.07. The maximum atomic E-state index is 11.8. The van der Waals surface area contributed by atoms with Crippen molar-refractivity contribution in [2.24, 2.45) is 0 Å². The summed E-state index contributed by atoms with van der Waals surface area (Å²) in [6, 6.07) is 12.8. The van der Waals surface area contributed by atoms with Crippen LogP contribution in [-0.4, -0.2) is 28.0 Å². The van der Waals surface area contributed by atoms with Crippen LogP contribution >= 0.6 is 23.2 Å². The third-order valence-corrected chi connectivity index (χ3v) is 5.60. The minimum absolute atomic E-state index is 0.453. The van der Waals surface area contributed by atoms with Crippen molar-refractivity contribution in [1.29, 1.82) is 0 Å². The normalized spacial score (nSPS) is 15.9. The van der Waals surface area contributed by atoms with Crippen LogP contribution in [0.2, 0.25) is 10.0 Å². The zero-order chi connectivity index (χ0) is 19.8. The molecular formula is C21H18Cl2N2O3. The lowest BCUT2D eigenvalue weighted by atomic mass is 9.85. The van der Waals surface area contributed by atoms with E-state index in [4.69, 9.17) is 33.0 Å². The lowest BCUT2D eigenvalue weighted by molar-refractivity contribution is -0.139. The van der Waals surface area contributed by atoms with Crippen LogP contribution < -0.4 is 4.74 Å². The molecular weight excluding hydrogens is 399 g/mol. The number of benzene rings is 2. The first kappa shape index (κ1) is 18.8. The molecule has 28 heavy (non-hydrogen) atoms. The van der Waals surface area contributed by atoms with Crippen LogP contribution in [0.4, 0.5) is 0 Å². The lowest BCUT2D eigenvalue weighted by Crippen LogP contribution is -2.17. The molecule has 0 amide bonds. The minimum Gasteiger partial charge on any atom is -0.497 e. The summed E-state index contributed by atoms with van der Waals surface area (Å²) in [6.45, 7) is 0. The molecule has 1 atom stereocenters. The Morgan fingerprint density at radius 3 is 2.61 bits per heavy atom. The second kappa shape index (κ2) is 7.49. The Morgan fingerprint density at radius 2 is 1.96 bits per heavy atom. The summed E-state index contributed by atoms with van der Waals surface area (Å²) in [5.74, 6) is -0.723. The molecule has 0 radical (unpaired) electrons. The van der Waals surface area contributed by atoms with E-state index in [0.717, 1.165) is 35.4 Å². The quantitative estimate of drug-likeness (QED) is 0.621. The largest absolute Gasteiger partial charge is 0.497 e. The van der Waals surface area contributed by atoms with Crippen molar-refractivity contribution in [3.63, 3.8) is 0 Å². The van der Waals surface area contributed by atoms with Gasteiger partial charge < -0.3 is 9.84 Å². The number of hydrogen-bond donors (Lipinski definition) is 1. The fraction of sp³-hybridized carbons (Fsp3) is 0.238. The summed E-state index contributed by atoms with van der Waals surface area (Å²) in [5.41, 5.74) is 4.00. The van der Waals surface area contributed by atoms with Gasteiger partial charge in [-0.05, 0) is 61.7 Å². The number of methoxy groups -OCH3 is 1. The van der Waals surface area contributed by atoms with Gasteiger partial charge in [-0.15, -0.1) is 0 Å². The molecule has 0 aliphatic heterocycles. The number of nitrogens with zero attached hydrogens (tertiary/aromatic N) is 2. The van der Waals surface area contributed by atoms with Crippen LogP contribution in [0.1, 0.15) is 30.0 Å². The molecule has 0 saturated heterocycles. The molecule has 4 rings (SSSR count). The zero-order valence-corrected chi connectivity index (χ0v) is 16.7. The minimum atomic E-state index is -0.853. The van der Waals surface area contributed by atoms with Crippen LogP contribution in [0.15, 0.2) is 42.5 Å². The zero-order valence-electron chi connectivity index (χ0n) is 15.2. The van der Waals surface area contributed by atoms with Gasteiger partial charge in [0.2, 0.25) is 0 Å². The van der Waals surface area contributed by atoms with Gasteiger partial charge in [0.15, 0.2) is 0 Å². The topological polar surface area (TPSA) is 64.4 Å². The van der Waals surface area contributed by atoms with Gasteiger partial charge in [-0.2, -0.15) is 5.10 Å². The van der Waals surface area contributed by atoms with Crippen LogP contribution in [0.3, 0.4) is 0 Å². The third-order valence-electron chi connectivity index (χ3n) is 5.06. The standard InChI is InChI=1S/C21H18Cl2N2O3/c1-28-14-8-5-12(6-9-14)20-15-3-2-4-16(21(26)27)19(15)24-25(20)18-10-7-13(22)11-17(18)23/h5-11,16H,2-4H2,1H3,(H,26,27)/t16-/m0/s1. The highest BCUT2D eigenvalue weighted by Crippen LogP contribution is 2.40. The maximum Gasteiger partial charge on any atom is 0.312 e. The van der Waals surface area contributed by atoms with Gasteiger partial charge in [0.1, 0.15) is 11.7 Å². The van der Waals surface area contributed by atoms with Crippen molar-refractivity contribution in [1.82, 2.24) is 9.78 Å². The van der Waals surface area contributed by atoms with Crippen LogP contribution in [0.5, 0.6) is 5.75 Å². The summed E-state index contributed by atoms with van der Waals surface area (Å²) in [5, 5.41) is 15.4. The van der Waals surface area contributed by atoms with Gasteiger partial charge in [-0.3, -0.25) is 4.79 Å². The molecule has 3 aromatic rings. The van der Waals surface area contributed by atoms with Crippen molar-refractivity contribution >= 4 is 29.2 Å². The molecule has 5 nitrogen and oxygen atoms in total. The summed E-state index contributed by atoms with van der Waals surface area (Å²) < 4.78 is 7.00. The second-order valence-corrected chi connectivity index (χ2v) is 7.58. The molecule has 1 aliphatic carbocycles. The highest BCUT2D eigenvalue weighted by atomic mass is 35.5. The first-order valence-electron chi connectivity index (χ1n) is 8.94. The van der Waals surface area contributed by atoms with Gasteiger partial charge in [0.05, 0.1) is 29.2 Å². The van der Waals surface area contributed by atoms with Gasteiger partial charge in [0.25, 0.3) is 0 Å². The fourth-order valence-electron chi connectivity index (χ4n) is 3.73. The molecule has 0 unspecified atom stereocenters. The second-order valence-electron chi connectivity index (χ2n) is 6.73. The lowest BCUT2D eigenvalue weighted by Gasteiger charge is -2.18. The van der Waals surface area contributed by atoms with E-state index in [1.807, 2.05) is 24.3 Å². The summed E-state index contributed by atoms with van der Waals surface area (Å²) in [6.07, 6.45) is 2.15. The Bertz CT molecular complexity index is 1040. The molecule has 7 heteroatoms. The van der Waals surface area contributed by atoms with Crippen molar-refractivity contribution in [2.75, 3.05) is 7.11 Å². The molecule has 1 aliphatic rings. The van der Waals surface area contributed by atoms with E-state index < -0.39 is 11.9 Å². The van der Waals surface area contributed by atoms with E-state index >= 15 is 0 Å². The molecule has 144 valence electrons. The van der Waals surface area contributed by atoms with E-state index in [0.29, 0.717) is 27.8 Å². The number of ether oxygens (including phenoxy) is 1. The highest BCUT2D eigenvalue weighted by molar-refractivity contribution is 6.35. The van der Waals surface area contributed by atoms with Crippen LogP contribution in [0.25, 0.3) is 16.9 Å². The number of aromatic nitrogens is 2. The van der Waals surface area contributed by atoms with E-state index in [-0.39, 0.29) is 0 Å². The summed E-state index contributed by atoms with van der Waals surface area (Å²) in [4.78, 5) is 11.8. The van der Waals surface area contributed by atoms with E-state index in [2.05, 4.69) is 0 Å². The van der Waals surface area contributed by atoms with Crippen molar-refractivity contribution in [3.05, 3.63) is 63.8 Å². The Labute approximate surface area is 172 Å². The molecule has 1 N–H and O–H groups in total. The van der Waals surface area contributed by atoms with Crippen molar-refractivity contribution in [2.45, 2.75) is 25.2 Å². The number of hydrogen-bond acceptors (Lipinski definition) is 3. The molecule has 1 aromatic heterocycles. The predicted molar refractivity (Wildman–Crippen MR) is 109 cm³/mol. The highest BCUT2D eigenvalue weighted by Gasteiger charge is 2.33. The fourth-order valence-corrected chi connectivity index (χ4v) is 4.22. The van der Waals surface area contributed by atoms with Crippen molar-refractivity contribution in [3.8, 4) is 22.7 Å². The Hall–Kier alpha value is -2.50. The maximum absolute atomic E-state index is 11.8. The summed E-state index contributed by atoms with van der Waals surface area (Å²) >= 11 is 12.5. The Balaban J connectivity index is 1.97. The van der Waals surface area contributed by atoms with E-state index in [9.17, 15) is 9.90 Å². The molecule has 1 heterocycles. The molecule has 2 aromatic carbocycles. The Kier molecular flexibility index (Phi) is 5.04. The number of rotatable bonds is 4. The third kappa shape index (κ3) is 3.25. The number of carboxylic acids is 1. The molecule has 0 saturated carbocycles. The average molecular weight is 417 g/mol. The van der Waals surface area contributed by atoms with Gasteiger partial charge in [-0.1, -0.05) is 23.2 Å². The number of carboxylic acid groups (broad SMARTS) is 1. The predicted octanol–water partition coefficient (Wildman–Crippen LogP) is 5.36. The first-order chi connectivity index (χ1) is 13.5. The number of aliphatic carboxylic acids is 1. The molecule has 0 fully saturated rings. The van der Waals surface area contributed by atoms with Gasteiger partial charge in [0, 0.05) is 16.1 Å². The van der Waals surface area contributed by atoms with Gasteiger partial charge >= 0.3 is 5.97 Å². The molecule has 0 spiro atoms. The van der Waals surface area contributed by atoms with E-state index in [1.54, 1.807) is 30.0 Å². The van der Waals surface area contributed by atoms with Crippen LogP contribution in [0, 0.1) is 0 Å². The first-order valence-corrected chi connectivity index (χ1v) is 9.69. The number of halogens is 2. The summed E-state index contributed by atoms with van der Waals surface area (Å²) in [7, 11) is 1.62. The SMILES string of the molecule is COc1ccc(-c2c3c(nn2-c2ccc(Cl)cc2Cl)[C@@H](C(=O)O)CCC3)cc1. The molecule has 0 bridgehead atoms. The van der Waals surface area contributed by atoms with Gasteiger partial charge in [-0.25, -0.2) is 4.68 Å². The van der Waals surface area contributed by atoms with E-state index in [1.165, 1.54) is 0 Å². The number of carbonyl (C=O) groups is 1. The van der Waals surface area contributed by atoms with Crippen LogP contribution in [-0.2, 0) is 11.2 Å². The monoisotopic (exact) mass is 416 g/mol. The van der Waals surface area contributed by atoms with Crippen molar-refractivity contribution < 1.29 is 14.6 Å². The smallest absolute Gasteiger partial charge is 0.312 e. The number of fused-ring (bicyclic) bond motifs is 1.